The van der Waals surface area contributed by atoms with Gasteiger partial charge >= 0.3 is 0 Å². The van der Waals surface area contributed by atoms with E-state index < -0.39 is 5.82 Å². The average Bonchev–Trinajstić information content (AvgIpc) is 3.24. The van der Waals surface area contributed by atoms with Crippen LogP contribution in [0.1, 0.15) is 48.5 Å². The molecule has 1 aliphatic rings. The third-order valence-corrected chi connectivity index (χ3v) is 3.89. The van der Waals surface area contributed by atoms with Gasteiger partial charge in [0.2, 0.25) is 0 Å². The molecule has 1 amide bonds. The number of aliphatic hydroxyl groups is 1. The minimum absolute atomic E-state index is 0.225. The molecular formula is C17H20FNO2. The molecule has 2 N–H and O–H groups in total. The molecule has 0 unspecified atom stereocenters. The second kappa shape index (κ2) is 6.73. The molecule has 1 aromatic carbocycles. The Labute approximate surface area is 124 Å². The van der Waals surface area contributed by atoms with Gasteiger partial charge in [-0.3, -0.25) is 4.79 Å². The first kappa shape index (κ1) is 15.5. The van der Waals surface area contributed by atoms with Crippen molar-refractivity contribution in [1.29, 1.82) is 0 Å². The summed E-state index contributed by atoms with van der Waals surface area (Å²) in [5.41, 5.74) is 0.904. The number of nitrogens with one attached hydrogen (secondary N) is 1. The molecule has 21 heavy (non-hydrogen) atoms. The summed E-state index contributed by atoms with van der Waals surface area (Å²) in [5.74, 6) is 4.39. The van der Waals surface area contributed by atoms with E-state index in [2.05, 4.69) is 24.1 Å². The summed E-state index contributed by atoms with van der Waals surface area (Å²) in [5, 5.41) is 11.6. The summed E-state index contributed by atoms with van der Waals surface area (Å²) in [6, 6.07) is 3.92. The summed E-state index contributed by atoms with van der Waals surface area (Å²) in [6.07, 6.45) is 4.49. The Morgan fingerprint density at radius 1 is 1.48 bits per heavy atom. The number of carbonyl (C=O) groups is 1. The van der Waals surface area contributed by atoms with E-state index in [9.17, 15) is 9.18 Å². The van der Waals surface area contributed by atoms with E-state index >= 15 is 0 Å². The highest BCUT2D eigenvalue weighted by atomic mass is 19.1. The van der Waals surface area contributed by atoms with Crippen molar-refractivity contribution in [2.45, 2.75) is 32.6 Å². The Balaban J connectivity index is 2.09. The average molecular weight is 289 g/mol. The lowest BCUT2D eigenvalue weighted by Gasteiger charge is -2.15. The Bertz CT molecular complexity index is 582. The number of hydrogen-bond acceptors (Lipinski definition) is 2. The third kappa shape index (κ3) is 4.05. The van der Waals surface area contributed by atoms with Crippen molar-refractivity contribution < 1.29 is 14.3 Å². The van der Waals surface area contributed by atoms with Crippen molar-refractivity contribution in [1.82, 2.24) is 5.32 Å². The smallest absolute Gasteiger partial charge is 0.252 e. The second-order valence-electron chi connectivity index (χ2n) is 5.58. The van der Waals surface area contributed by atoms with Crippen LogP contribution in [-0.2, 0) is 0 Å². The van der Waals surface area contributed by atoms with E-state index in [-0.39, 0.29) is 23.5 Å². The molecule has 0 bridgehead atoms. The quantitative estimate of drug-likeness (QED) is 0.818. The lowest BCUT2D eigenvalue weighted by Crippen LogP contribution is -2.30. The molecule has 1 aromatic rings. The first-order chi connectivity index (χ1) is 10.1. The van der Waals surface area contributed by atoms with Gasteiger partial charge in [0.1, 0.15) is 12.4 Å². The molecule has 112 valence electrons. The molecule has 0 radical (unpaired) electrons. The van der Waals surface area contributed by atoms with Crippen molar-refractivity contribution in [2.75, 3.05) is 13.2 Å². The largest absolute Gasteiger partial charge is 0.384 e. The maximum absolute atomic E-state index is 13.4. The number of halogens is 1. The highest BCUT2D eigenvalue weighted by Crippen LogP contribution is 2.48. The summed E-state index contributed by atoms with van der Waals surface area (Å²) in [4.78, 5) is 12.3. The van der Waals surface area contributed by atoms with Gasteiger partial charge < -0.3 is 10.4 Å². The van der Waals surface area contributed by atoms with Crippen LogP contribution >= 0.6 is 0 Å². The normalized spacial score (nSPS) is 15.0. The number of benzene rings is 1. The molecule has 2 rings (SSSR count). The van der Waals surface area contributed by atoms with Gasteiger partial charge in [0, 0.05) is 12.1 Å². The van der Waals surface area contributed by atoms with E-state index in [1.807, 2.05) is 0 Å². The van der Waals surface area contributed by atoms with Crippen LogP contribution in [-0.4, -0.2) is 24.2 Å². The summed E-state index contributed by atoms with van der Waals surface area (Å²) < 4.78 is 13.4. The molecule has 3 nitrogen and oxygen atoms in total. The number of hydrogen-bond donors (Lipinski definition) is 2. The molecule has 1 fully saturated rings. The maximum Gasteiger partial charge on any atom is 0.252 e. The Kier molecular flexibility index (Phi) is 4.98. The van der Waals surface area contributed by atoms with E-state index in [0.29, 0.717) is 12.1 Å². The van der Waals surface area contributed by atoms with Crippen LogP contribution in [0.2, 0.25) is 0 Å². The summed E-state index contributed by atoms with van der Waals surface area (Å²) in [6.45, 7) is 2.47. The predicted molar refractivity (Wildman–Crippen MR) is 79.3 cm³/mol. The Morgan fingerprint density at radius 3 is 2.86 bits per heavy atom. The van der Waals surface area contributed by atoms with Crippen LogP contribution in [0.25, 0.3) is 0 Å². The highest BCUT2D eigenvalue weighted by molar-refractivity contribution is 5.96. The van der Waals surface area contributed by atoms with Crippen molar-refractivity contribution in [3.05, 3.63) is 35.1 Å². The van der Waals surface area contributed by atoms with Crippen molar-refractivity contribution in [2.24, 2.45) is 5.41 Å². The van der Waals surface area contributed by atoms with Crippen LogP contribution in [0.5, 0.6) is 0 Å². The molecule has 0 saturated heterocycles. The zero-order chi connectivity index (χ0) is 15.3. The van der Waals surface area contributed by atoms with Crippen molar-refractivity contribution >= 4 is 5.91 Å². The van der Waals surface area contributed by atoms with Crippen LogP contribution in [0, 0.1) is 23.1 Å². The van der Waals surface area contributed by atoms with Gasteiger partial charge in [-0.05, 0) is 42.9 Å². The molecule has 1 aliphatic carbocycles. The molecule has 1 saturated carbocycles. The number of amides is 1. The monoisotopic (exact) mass is 289 g/mol. The van der Waals surface area contributed by atoms with Gasteiger partial charge in [0.15, 0.2) is 0 Å². The fourth-order valence-corrected chi connectivity index (χ4v) is 2.53. The molecular weight excluding hydrogens is 269 g/mol. The molecule has 0 heterocycles. The lowest BCUT2D eigenvalue weighted by atomic mass is 10.0. The van der Waals surface area contributed by atoms with E-state index in [0.717, 1.165) is 25.7 Å². The van der Waals surface area contributed by atoms with E-state index in [1.165, 1.54) is 18.2 Å². The number of aliphatic hydroxyl groups excluding tert-OH is 1. The molecule has 0 aliphatic heterocycles. The van der Waals surface area contributed by atoms with E-state index in [1.54, 1.807) is 0 Å². The van der Waals surface area contributed by atoms with Gasteiger partial charge in [-0.25, -0.2) is 4.39 Å². The first-order valence-corrected chi connectivity index (χ1v) is 7.28. The maximum atomic E-state index is 13.4. The second-order valence-corrected chi connectivity index (χ2v) is 5.58. The SMILES string of the molecule is CCCC1(CNC(=O)c2cc(F)ccc2C#CCO)CC1. The zero-order valence-electron chi connectivity index (χ0n) is 12.2. The first-order valence-electron chi connectivity index (χ1n) is 7.28. The molecule has 4 heteroatoms. The molecule has 0 spiro atoms. The van der Waals surface area contributed by atoms with Gasteiger partial charge in [0.25, 0.3) is 5.91 Å². The number of rotatable bonds is 5. The minimum Gasteiger partial charge on any atom is -0.384 e. The topological polar surface area (TPSA) is 49.3 Å². The van der Waals surface area contributed by atoms with Crippen LogP contribution in [0.3, 0.4) is 0 Å². The van der Waals surface area contributed by atoms with E-state index in [4.69, 9.17) is 5.11 Å². The number of carbonyl (C=O) groups excluding carboxylic acids is 1. The van der Waals surface area contributed by atoms with Crippen molar-refractivity contribution in [3.8, 4) is 11.8 Å². The standard InChI is InChI=1S/C17H20FNO2/c1-2-7-17(8-9-17)12-19-16(21)15-11-14(18)6-5-13(15)4-3-10-20/h5-6,11,20H,2,7-10,12H2,1H3,(H,19,21). The Hall–Kier alpha value is -1.86. The van der Waals surface area contributed by atoms with Gasteiger partial charge in [-0.1, -0.05) is 25.2 Å². The highest BCUT2D eigenvalue weighted by Gasteiger charge is 2.41. The lowest BCUT2D eigenvalue weighted by molar-refractivity contribution is 0.0943. The Morgan fingerprint density at radius 2 is 2.24 bits per heavy atom. The molecule has 0 atom stereocenters. The van der Waals surface area contributed by atoms with Gasteiger partial charge in [-0.15, -0.1) is 0 Å². The summed E-state index contributed by atoms with van der Waals surface area (Å²) >= 11 is 0. The van der Waals surface area contributed by atoms with Gasteiger partial charge in [-0.2, -0.15) is 0 Å². The van der Waals surface area contributed by atoms with Crippen LogP contribution in [0.4, 0.5) is 4.39 Å². The zero-order valence-corrected chi connectivity index (χ0v) is 12.2. The molecule has 0 aromatic heterocycles. The van der Waals surface area contributed by atoms with Crippen LogP contribution < -0.4 is 5.32 Å². The fourth-order valence-electron chi connectivity index (χ4n) is 2.53. The van der Waals surface area contributed by atoms with Gasteiger partial charge in [0.05, 0.1) is 5.56 Å². The predicted octanol–water partition coefficient (Wildman–Crippen LogP) is 2.48. The fraction of sp³-hybridized carbons (Fsp3) is 0.471. The van der Waals surface area contributed by atoms with Crippen LogP contribution in [0.15, 0.2) is 18.2 Å². The van der Waals surface area contributed by atoms with Crippen molar-refractivity contribution in [3.63, 3.8) is 0 Å². The minimum atomic E-state index is -0.468. The third-order valence-electron chi connectivity index (χ3n) is 3.89. The summed E-state index contributed by atoms with van der Waals surface area (Å²) in [7, 11) is 0.